The molecule has 3 aromatic rings. The highest BCUT2D eigenvalue weighted by Crippen LogP contribution is 2.38. The van der Waals surface area contributed by atoms with Gasteiger partial charge >= 0.3 is 11.9 Å². The van der Waals surface area contributed by atoms with Gasteiger partial charge in [-0.3, -0.25) is 4.79 Å². The van der Waals surface area contributed by atoms with Gasteiger partial charge in [-0.25, -0.2) is 14.6 Å². The van der Waals surface area contributed by atoms with E-state index in [9.17, 15) is 19.5 Å². The lowest BCUT2D eigenvalue weighted by atomic mass is 9.86. The summed E-state index contributed by atoms with van der Waals surface area (Å²) in [4.78, 5) is 41.8. The summed E-state index contributed by atoms with van der Waals surface area (Å²) in [6.45, 7) is 3.64. The first-order chi connectivity index (χ1) is 15.9. The number of nitrogens with zero attached hydrogens (tertiary/aromatic N) is 2. The zero-order valence-electron chi connectivity index (χ0n) is 18.2. The summed E-state index contributed by atoms with van der Waals surface area (Å²) in [7, 11) is 0. The molecular formula is C24H22N2O7. The largest absolute Gasteiger partial charge is 0.482 e. The fourth-order valence-electron chi connectivity index (χ4n) is 4.40. The number of rotatable bonds is 5. The van der Waals surface area contributed by atoms with E-state index in [4.69, 9.17) is 19.2 Å². The van der Waals surface area contributed by atoms with Crippen molar-refractivity contribution in [2.45, 2.75) is 39.0 Å². The van der Waals surface area contributed by atoms with E-state index in [1.54, 1.807) is 42.7 Å². The van der Waals surface area contributed by atoms with Gasteiger partial charge in [0.05, 0.1) is 35.6 Å². The predicted octanol–water partition coefficient (Wildman–Crippen LogP) is 2.02. The molecule has 9 heteroatoms. The molecule has 0 fully saturated rings. The van der Waals surface area contributed by atoms with Gasteiger partial charge in [0.25, 0.3) is 5.56 Å². The van der Waals surface area contributed by atoms with Crippen LogP contribution >= 0.6 is 0 Å². The molecule has 33 heavy (non-hydrogen) atoms. The molecule has 0 bridgehead atoms. The van der Waals surface area contributed by atoms with Crippen LogP contribution in [-0.4, -0.2) is 39.8 Å². The van der Waals surface area contributed by atoms with Crippen molar-refractivity contribution in [1.82, 2.24) is 9.55 Å². The number of carbonyl (C=O) groups is 2. The van der Waals surface area contributed by atoms with Crippen LogP contribution in [0.5, 0.6) is 5.75 Å². The number of esters is 2. The van der Waals surface area contributed by atoms with Crippen LogP contribution in [0.15, 0.2) is 35.1 Å². The van der Waals surface area contributed by atoms with Crippen LogP contribution < -0.4 is 10.3 Å². The van der Waals surface area contributed by atoms with Gasteiger partial charge < -0.3 is 23.9 Å². The molecule has 1 atom stereocenters. The lowest BCUT2D eigenvalue weighted by molar-refractivity contribution is -0.172. The number of aliphatic hydroxyl groups is 1. The van der Waals surface area contributed by atoms with Crippen LogP contribution in [0.2, 0.25) is 0 Å². The van der Waals surface area contributed by atoms with Gasteiger partial charge in [0.15, 0.2) is 12.2 Å². The Morgan fingerprint density at radius 1 is 1.24 bits per heavy atom. The Morgan fingerprint density at radius 2 is 2.06 bits per heavy atom. The molecule has 9 nitrogen and oxygen atoms in total. The van der Waals surface area contributed by atoms with E-state index in [-0.39, 0.29) is 42.9 Å². The number of carbonyl (C=O) groups excluding carboxylic acids is 2. The summed E-state index contributed by atoms with van der Waals surface area (Å²) in [5.74, 6) is -0.691. The molecule has 170 valence electrons. The molecule has 0 amide bonds. The first kappa shape index (κ1) is 21.1. The number of ether oxygens (including phenoxy) is 3. The standard InChI is InChI=1S/C24H22N2O7/c1-3-24(30)17-9-19-21-14(10-26(19)22(28)16(17)11-33-23(24)29)7-13-8-15(5-6-18(13)25-21)32-12-20(27)31-4-2/h5-9,30H,3-4,10-12H2,1-2H3. The Hall–Kier alpha value is -3.72. The number of hydrogen-bond donors (Lipinski definition) is 1. The Balaban J connectivity index is 1.56. The highest BCUT2D eigenvalue weighted by molar-refractivity contribution is 5.87. The second-order valence-electron chi connectivity index (χ2n) is 8.05. The molecule has 5 rings (SSSR count). The minimum atomic E-state index is -1.85. The van der Waals surface area contributed by atoms with E-state index in [0.29, 0.717) is 29.2 Å². The Kier molecular flexibility index (Phi) is 4.93. The van der Waals surface area contributed by atoms with Gasteiger partial charge in [-0.2, -0.15) is 0 Å². The topological polar surface area (TPSA) is 117 Å². The van der Waals surface area contributed by atoms with E-state index < -0.39 is 17.5 Å². The lowest BCUT2D eigenvalue weighted by Crippen LogP contribution is -2.44. The van der Waals surface area contributed by atoms with Crippen LogP contribution in [0.3, 0.4) is 0 Å². The lowest BCUT2D eigenvalue weighted by Gasteiger charge is -2.31. The molecule has 2 aromatic heterocycles. The maximum atomic E-state index is 13.2. The number of hydrogen-bond acceptors (Lipinski definition) is 8. The second kappa shape index (κ2) is 7.70. The van der Waals surface area contributed by atoms with Crippen molar-refractivity contribution >= 4 is 22.8 Å². The van der Waals surface area contributed by atoms with Crippen molar-refractivity contribution in [3.8, 4) is 17.1 Å². The summed E-state index contributed by atoms with van der Waals surface area (Å²) < 4.78 is 17.1. The molecule has 1 N–H and O–H groups in total. The summed E-state index contributed by atoms with van der Waals surface area (Å²) in [6, 6.07) is 8.87. The van der Waals surface area contributed by atoms with E-state index in [1.807, 2.05) is 6.07 Å². The average molecular weight is 450 g/mol. The van der Waals surface area contributed by atoms with Crippen molar-refractivity contribution in [2.24, 2.45) is 0 Å². The van der Waals surface area contributed by atoms with Crippen molar-refractivity contribution in [1.29, 1.82) is 0 Å². The van der Waals surface area contributed by atoms with Crippen LogP contribution in [0.1, 0.15) is 37.0 Å². The molecule has 1 unspecified atom stereocenters. The smallest absolute Gasteiger partial charge is 0.344 e. The number of benzene rings is 1. The molecule has 2 aliphatic heterocycles. The quantitative estimate of drug-likeness (QED) is 0.459. The number of fused-ring (bicyclic) bond motifs is 5. The Labute approximate surface area is 188 Å². The highest BCUT2D eigenvalue weighted by Gasteiger charge is 2.45. The van der Waals surface area contributed by atoms with E-state index in [1.165, 1.54) is 0 Å². The Bertz CT molecular complexity index is 1380. The number of cyclic esters (lactones) is 1. The van der Waals surface area contributed by atoms with Crippen LogP contribution in [0.25, 0.3) is 22.3 Å². The Morgan fingerprint density at radius 3 is 2.82 bits per heavy atom. The maximum Gasteiger partial charge on any atom is 0.344 e. The van der Waals surface area contributed by atoms with Crippen molar-refractivity contribution in [3.63, 3.8) is 0 Å². The molecule has 0 aliphatic carbocycles. The summed E-state index contributed by atoms with van der Waals surface area (Å²) in [5, 5.41) is 11.7. The number of pyridine rings is 2. The minimum absolute atomic E-state index is 0.0916. The first-order valence-corrected chi connectivity index (χ1v) is 10.7. The third-order valence-corrected chi connectivity index (χ3v) is 6.14. The van der Waals surface area contributed by atoms with Gasteiger partial charge in [0, 0.05) is 16.5 Å². The number of aromatic nitrogens is 2. The van der Waals surface area contributed by atoms with Crippen LogP contribution in [-0.2, 0) is 37.8 Å². The highest BCUT2D eigenvalue weighted by atomic mass is 16.6. The zero-order valence-corrected chi connectivity index (χ0v) is 18.2. The molecule has 4 heterocycles. The van der Waals surface area contributed by atoms with Crippen molar-refractivity contribution in [3.05, 3.63) is 57.4 Å². The van der Waals surface area contributed by atoms with E-state index in [0.717, 1.165) is 10.9 Å². The predicted molar refractivity (Wildman–Crippen MR) is 117 cm³/mol. The summed E-state index contributed by atoms with van der Waals surface area (Å²) in [5.41, 5.74) is 1.11. The van der Waals surface area contributed by atoms with E-state index in [2.05, 4.69) is 0 Å². The van der Waals surface area contributed by atoms with Crippen LogP contribution in [0, 0.1) is 0 Å². The van der Waals surface area contributed by atoms with Gasteiger partial charge in [0.1, 0.15) is 12.4 Å². The SMILES string of the molecule is CCOC(=O)COc1ccc2nc3c(cc2c1)Cn1c-3cc2c(c1=O)COC(=O)C2(O)CC. The molecule has 0 saturated heterocycles. The molecule has 1 aromatic carbocycles. The third kappa shape index (κ3) is 3.27. The minimum Gasteiger partial charge on any atom is -0.482 e. The summed E-state index contributed by atoms with van der Waals surface area (Å²) >= 11 is 0. The van der Waals surface area contributed by atoms with Crippen molar-refractivity contribution in [2.75, 3.05) is 13.2 Å². The summed E-state index contributed by atoms with van der Waals surface area (Å²) in [6.07, 6.45) is 0.0916. The van der Waals surface area contributed by atoms with Gasteiger partial charge in [0.2, 0.25) is 0 Å². The normalized spacial score (nSPS) is 18.3. The fourth-order valence-corrected chi connectivity index (χ4v) is 4.40. The zero-order chi connectivity index (χ0) is 23.3. The molecule has 0 radical (unpaired) electrons. The molecule has 0 spiro atoms. The van der Waals surface area contributed by atoms with Crippen molar-refractivity contribution < 1.29 is 28.9 Å². The molecule has 0 saturated carbocycles. The van der Waals surface area contributed by atoms with Gasteiger partial charge in [-0.15, -0.1) is 0 Å². The first-order valence-electron chi connectivity index (χ1n) is 10.7. The van der Waals surface area contributed by atoms with Crippen LogP contribution in [0.4, 0.5) is 0 Å². The van der Waals surface area contributed by atoms with Gasteiger partial charge in [-0.1, -0.05) is 6.92 Å². The maximum absolute atomic E-state index is 13.2. The average Bonchev–Trinajstić information content (AvgIpc) is 3.17. The van der Waals surface area contributed by atoms with E-state index >= 15 is 0 Å². The molecule has 2 aliphatic rings. The van der Waals surface area contributed by atoms with Gasteiger partial charge in [-0.05, 0) is 43.7 Å². The second-order valence-corrected chi connectivity index (χ2v) is 8.05. The fraction of sp³-hybridized carbons (Fsp3) is 0.333. The monoisotopic (exact) mass is 450 g/mol. The molecular weight excluding hydrogens is 428 g/mol. The third-order valence-electron chi connectivity index (χ3n) is 6.14.